The van der Waals surface area contributed by atoms with E-state index >= 15 is 0 Å². The number of carbonyl (C=O) groups excluding carboxylic acids is 1. The van der Waals surface area contributed by atoms with E-state index in [1.54, 1.807) is 35.2 Å². The van der Waals surface area contributed by atoms with E-state index in [0.29, 0.717) is 33.7 Å². The Morgan fingerprint density at radius 1 is 1.10 bits per heavy atom. The molecule has 152 valence electrons. The Hall–Kier alpha value is -3.32. The second kappa shape index (κ2) is 8.59. The Bertz CT molecular complexity index is 1230. The number of carbonyl (C=O) groups is 1. The number of amides is 1. The Morgan fingerprint density at radius 2 is 1.83 bits per heavy atom. The zero-order valence-corrected chi connectivity index (χ0v) is 17.7. The van der Waals surface area contributed by atoms with E-state index in [1.165, 1.54) is 11.3 Å². The van der Waals surface area contributed by atoms with Crippen LogP contribution in [-0.2, 0) is 13.0 Å². The van der Waals surface area contributed by atoms with Crippen LogP contribution in [0.3, 0.4) is 0 Å². The first-order valence-electron chi connectivity index (χ1n) is 9.71. The molecule has 30 heavy (non-hydrogen) atoms. The number of likely N-dealkylation sites (N-methyl/N-ethyl adjacent to an activating group) is 1. The smallest absolute Gasteiger partial charge is 0.264 e. The largest absolute Gasteiger partial charge is 0.341 e. The van der Waals surface area contributed by atoms with Crippen LogP contribution in [0.25, 0.3) is 10.2 Å². The fraction of sp³-hybridized carbons (Fsp3) is 0.217. The van der Waals surface area contributed by atoms with Crippen molar-refractivity contribution in [2.24, 2.45) is 0 Å². The molecule has 4 rings (SSSR count). The van der Waals surface area contributed by atoms with E-state index in [0.717, 1.165) is 17.5 Å². The average Bonchev–Trinajstić information content (AvgIpc) is 3.12. The van der Waals surface area contributed by atoms with Crippen molar-refractivity contribution in [1.29, 1.82) is 0 Å². The van der Waals surface area contributed by atoms with Crippen molar-refractivity contribution in [3.05, 3.63) is 93.1 Å². The van der Waals surface area contributed by atoms with Crippen molar-refractivity contribution < 1.29 is 4.79 Å². The highest BCUT2D eigenvalue weighted by Gasteiger charge is 2.22. The van der Waals surface area contributed by atoms with E-state index in [-0.39, 0.29) is 11.5 Å². The third-order valence-corrected chi connectivity index (χ3v) is 6.33. The normalized spacial score (nSPS) is 11.0. The van der Waals surface area contributed by atoms with Gasteiger partial charge in [-0.3, -0.25) is 19.1 Å². The molecular weight excluding hydrogens is 396 g/mol. The molecule has 6 nitrogen and oxygen atoms in total. The molecular formula is C23H22N4O2S. The molecule has 0 aliphatic rings. The van der Waals surface area contributed by atoms with Gasteiger partial charge in [0.25, 0.3) is 11.5 Å². The number of nitrogens with zero attached hydrogens (tertiary/aromatic N) is 4. The minimum Gasteiger partial charge on any atom is -0.341 e. The van der Waals surface area contributed by atoms with Gasteiger partial charge in [0, 0.05) is 26.0 Å². The Morgan fingerprint density at radius 3 is 2.57 bits per heavy atom. The molecule has 0 aliphatic heterocycles. The molecule has 0 unspecified atom stereocenters. The maximum absolute atomic E-state index is 13.1. The fourth-order valence-corrected chi connectivity index (χ4v) is 4.51. The van der Waals surface area contributed by atoms with Gasteiger partial charge >= 0.3 is 0 Å². The summed E-state index contributed by atoms with van der Waals surface area (Å²) in [6, 6.07) is 13.7. The predicted octanol–water partition coefficient (Wildman–Crippen LogP) is 3.52. The lowest BCUT2D eigenvalue weighted by Crippen LogP contribution is -2.28. The molecule has 0 saturated heterocycles. The first kappa shape index (κ1) is 20.0. The van der Waals surface area contributed by atoms with Crippen LogP contribution < -0.4 is 5.56 Å². The van der Waals surface area contributed by atoms with Gasteiger partial charge in [-0.1, -0.05) is 30.3 Å². The van der Waals surface area contributed by atoms with E-state index < -0.39 is 0 Å². The quantitative estimate of drug-likeness (QED) is 0.480. The van der Waals surface area contributed by atoms with E-state index in [9.17, 15) is 9.59 Å². The number of rotatable bonds is 6. The van der Waals surface area contributed by atoms with Gasteiger partial charge in [-0.05, 0) is 42.2 Å². The second-order valence-electron chi connectivity index (χ2n) is 7.23. The van der Waals surface area contributed by atoms with Gasteiger partial charge in [0.15, 0.2) is 0 Å². The first-order valence-corrected chi connectivity index (χ1v) is 10.5. The zero-order valence-electron chi connectivity index (χ0n) is 16.9. The molecule has 0 saturated carbocycles. The van der Waals surface area contributed by atoms with Crippen LogP contribution in [0.4, 0.5) is 0 Å². The maximum Gasteiger partial charge on any atom is 0.264 e. The van der Waals surface area contributed by atoms with E-state index in [1.807, 2.05) is 49.4 Å². The van der Waals surface area contributed by atoms with Gasteiger partial charge in [0.05, 0.1) is 23.1 Å². The molecule has 1 amide bonds. The summed E-state index contributed by atoms with van der Waals surface area (Å²) in [4.78, 5) is 37.4. The topological polar surface area (TPSA) is 68.1 Å². The minimum absolute atomic E-state index is 0.0847. The molecule has 1 aromatic carbocycles. The van der Waals surface area contributed by atoms with Gasteiger partial charge in [-0.25, -0.2) is 4.98 Å². The van der Waals surface area contributed by atoms with Crippen LogP contribution in [0.2, 0.25) is 0 Å². The van der Waals surface area contributed by atoms with E-state index in [4.69, 9.17) is 0 Å². The Kier molecular flexibility index (Phi) is 5.72. The predicted molar refractivity (Wildman–Crippen MR) is 119 cm³/mol. The molecule has 0 atom stereocenters. The van der Waals surface area contributed by atoms with Crippen molar-refractivity contribution in [2.75, 3.05) is 13.6 Å². The summed E-state index contributed by atoms with van der Waals surface area (Å²) in [6.07, 6.45) is 5.81. The summed E-state index contributed by atoms with van der Waals surface area (Å²) in [5.41, 5.74) is 2.75. The van der Waals surface area contributed by atoms with Crippen LogP contribution >= 0.6 is 11.3 Å². The monoisotopic (exact) mass is 418 g/mol. The summed E-state index contributed by atoms with van der Waals surface area (Å²) in [7, 11) is 1.79. The maximum atomic E-state index is 13.1. The SMILES string of the molecule is Cc1c(C(=O)N(C)CCc2ccncc2)sc2ncn(Cc3ccccc3)c(=O)c12. The molecule has 4 aromatic rings. The molecule has 0 aliphatic carbocycles. The van der Waals surface area contributed by atoms with Crippen molar-refractivity contribution in [3.8, 4) is 0 Å². The summed E-state index contributed by atoms with van der Waals surface area (Å²) in [5.74, 6) is -0.0847. The number of aromatic nitrogens is 3. The molecule has 0 spiro atoms. The third-order valence-electron chi connectivity index (χ3n) is 5.14. The molecule has 0 N–H and O–H groups in total. The highest BCUT2D eigenvalue weighted by atomic mass is 32.1. The van der Waals surface area contributed by atoms with Crippen LogP contribution in [0, 0.1) is 6.92 Å². The molecule has 0 radical (unpaired) electrons. The van der Waals surface area contributed by atoms with Crippen molar-refractivity contribution in [2.45, 2.75) is 19.9 Å². The summed E-state index contributed by atoms with van der Waals surface area (Å²) < 4.78 is 1.60. The lowest BCUT2D eigenvalue weighted by molar-refractivity contribution is 0.0801. The lowest BCUT2D eigenvalue weighted by Gasteiger charge is -2.16. The summed E-state index contributed by atoms with van der Waals surface area (Å²) in [6.45, 7) is 2.87. The second-order valence-corrected chi connectivity index (χ2v) is 8.23. The Labute approximate surface area is 178 Å². The van der Waals surface area contributed by atoms with Crippen molar-refractivity contribution in [3.63, 3.8) is 0 Å². The van der Waals surface area contributed by atoms with Crippen molar-refractivity contribution >= 4 is 27.5 Å². The number of benzene rings is 1. The standard InChI is InChI=1S/C23H22N4O2S/c1-16-19-21(25-15-27(22(19)28)14-18-6-4-3-5-7-18)30-20(16)23(29)26(2)13-10-17-8-11-24-12-9-17/h3-9,11-12,15H,10,13-14H2,1-2H3. The van der Waals surface area contributed by atoms with Crippen LogP contribution in [0.15, 0.2) is 66.0 Å². The molecule has 7 heteroatoms. The van der Waals surface area contributed by atoms with Gasteiger partial charge in [0.2, 0.25) is 0 Å². The van der Waals surface area contributed by atoms with Crippen LogP contribution in [-0.4, -0.2) is 38.9 Å². The number of aryl methyl sites for hydroxylation is 1. The summed E-state index contributed by atoms with van der Waals surface area (Å²) >= 11 is 1.29. The highest BCUT2D eigenvalue weighted by Crippen LogP contribution is 2.28. The number of pyridine rings is 1. The number of fused-ring (bicyclic) bond motifs is 1. The first-order chi connectivity index (χ1) is 14.5. The number of hydrogen-bond acceptors (Lipinski definition) is 5. The minimum atomic E-state index is -0.115. The molecule has 3 aromatic heterocycles. The van der Waals surface area contributed by atoms with Gasteiger partial charge in [0.1, 0.15) is 4.83 Å². The molecule has 0 fully saturated rings. The average molecular weight is 419 g/mol. The van der Waals surface area contributed by atoms with Crippen molar-refractivity contribution in [1.82, 2.24) is 19.4 Å². The Balaban J connectivity index is 1.59. The van der Waals surface area contributed by atoms with E-state index in [2.05, 4.69) is 9.97 Å². The number of thiophene rings is 1. The highest BCUT2D eigenvalue weighted by molar-refractivity contribution is 7.20. The van der Waals surface area contributed by atoms with Gasteiger partial charge in [-0.15, -0.1) is 11.3 Å². The van der Waals surface area contributed by atoms with Crippen LogP contribution in [0.1, 0.15) is 26.4 Å². The lowest BCUT2D eigenvalue weighted by atomic mass is 10.1. The van der Waals surface area contributed by atoms with Gasteiger partial charge in [-0.2, -0.15) is 0 Å². The molecule has 3 heterocycles. The summed E-state index contributed by atoms with van der Waals surface area (Å²) in [5, 5.41) is 0.532. The van der Waals surface area contributed by atoms with Crippen LogP contribution in [0.5, 0.6) is 0 Å². The fourth-order valence-electron chi connectivity index (χ4n) is 3.38. The molecule has 0 bridgehead atoms. The number of hydrogen-bond donors (Lipinski definition) is 0. The third kappa shape index (κ3) is 4.02. The van der Waals surface area contributed by atoms with Gasteiger partial charge < -0.3 is 4.90 Å². The zero-order chi connectivity index (χ0) is 21.1.